The van der Waals surface area contributed by atoms with E-state index in [0.717, 1.165) is 6.29 Å². The van der Waals surface area contributed by atoms with Gasteiger partial charge in [-0.25, -0.2) is 19.7 Å². The summed E-state index contributed by atoms with van der Waals surface area (Å²) in [6.07, 6.45) is 4.67. The zero-order valence-electron chi connectivity index (χ0n) is 28.3. The van der Waals surface area contributed by atoms with E-state index in [1.807, 2.05) is 55.6 Å². The van der Waals surface area contributed by atoms with E-state index < -0.39 is 11.7 Å². The van der Waals surface area contributed by atoms with E-state index in [1.165, 1.54) is 7.11 Å². The van der Waals surface area contributed by atoms with Crippen LogP contribution in [0, 0.1) is 0 Å². The number of hydrogen-bond acceptors (Lipinski definition) is 8. The number of fused-ring (bicyclic) bond motifs is 1. The van der Waals surface area contributed by atoms with Crippen LogP contribution in [-0.2, 0) is 23.1 Å². The number of nitrogens with zero attached hydrogens (tertiary/aromatic N) is 5. The molecule has 1 aliphatic heterocycles. The lowest BCUT2D eigenvalue weighted by atomic mass is 9.99. The SMILES string of the molecule is COc1nc(-c2cccc(-c3cccc(-c4ncc5c(C=O)cn(C)c5n4)c3Cl)c2Cl)ccc1CN(C[C@@H]1CCC(=O)N1)C(=O)OC(C)(C)C. The van der Waals surface area contributed by atoms with Crippen molar-refractivity contribution >= 4 is 52.5 Å². The molecule has 2 amide bonds. The zero-order chi connectivity index (χ0) is 35.7. The van der Waals surface area contributed by atoms with Crippen LogP contribution >= 0.6 is 23.2 Å². The molecule has 4 heterocycles. The van der Waals surface area contributed by atoms with Crippen molar-refractivity contribution in [1.29, 1.82) is 0 Å². The van der Waals surface area contributed by atoms with E-state index in [2.05, 4.69) is 10.3 Å². The summed E-state index contributed by atoms with van der Waals surface area (Å²) < 4.78 is 13.2. The first-order valence-corrected chi connectivity index (χ1v) is 16.8. The van der Waals surface area contributed by atoms with Gasteiger partial charge in [0.05, 0.1) is 29.4 Å². The van der Waals surface area contributed by atoms with Gasteiger partial charge in [0.2, 0.25) is 11.8 Å². The highest BCUT2D eigenvalue weighted by Crippen LogP contribution is 2.42. The number of aryl methyl sites for hydroxylation is 1. The fourth-order valence-corrected chi connectivity index (χ4v) is 6.63. The number of rotatable bonds is 9. The molecule has 6 rings (SSSR count). The Hall–Kier alpha value is -5.00. The van der Waals surface area contributed by atoms with Crippen molar-refractivity contribution in [2.24, 2.45) is 7.05 Å². The van der Waals surface area contributed by atoms with Gasteiger partial charge in [0.15, 0.2) is 12.1 Å². The molecule has 1 saturated heterocycles. The first-order chi connectivity index (χ1) is 23.9. The topological polar surface area (TPSA) is 129 Å². The van der Waals surface area contributed by atoms with Crippen LogP contribution in [0.4, 0.5) is 4.79 Å². The highest BCUT2D eigenvalue weighted by Gasteiger charge is 2.29. The molecule has 1 fully saturated rings. The van der Waals surface area contributed by atoms with Gasteiger partial charge in [-0.2, -0.15) is 0 Å². The molecule has 5 aromatic rings. The van der Waals surface area contributed by atoms with Crippen molar-refractivity contribution in [2.75, 3.05) is 13.7 Å². The third-order valence-corrected chi connectivity index (χ3v) is 9.16. The van der Waals surface area contributed by atoms with Gasteiger partial charge >= 0.3 is 6.09 Å². The van der Waals surface area contributed by atoms with Crippen LogP contribution in [0.3, 0.4) is 0 Å². The second-order valence-corrected chi connectivity index (χ2v) is 13.9. The third-order valence-electron chi connectivity index (χ3n) is 8.35. The molecule has 1 atom stereocenters. The maximum Gasteiger partial charge on any atom is 0.410 e. The normalized spacial score (nSPS) is 14.5. The molecule has 0 saturated carbocycles. The van der Waals surface area contributed by atoms with Gasteiger partial charge in [-0.15, -0.1) is 0 Å². The number of pyridine rings is 1. The summed E-state index contributed by atoms with van der Waals surface area (Å²) in [5.74, 6) is 0.693. The number of methoxy groups -OCH3 is 1. The lowest BCUT2D eigenvalue weighted by molar-refractivity contribution is -0.119. The summed E-state index contributed by atoms with van der Waals surface area (Å²) in [6.45, 7) is 5.85. The number of halogens is 2. The average Bonchev–Trinajstić information content (AvgIpc) is 3.65. The maximum absolute atomic E-state index is 13.2. The summed E-state index contributed by atoms with van der Waals surface area (Å²) >= 11 is 14.1. The Bertz CT molecular complexity index is 2130. The molecular weight excluding hydrogens is 679 g/mol. The average molecular weight is 716 g/mol. The zero-order valence-corrected chi connectivity index (χ0v) is 29.8. The summed E-state index contributed by atoms with van der Waals surface area (Å²) in [7, 11) is 3.34. The quantitative estimate of drug-likeness (QED) is 0.155. The van der Waals surface area contributed by atoms with Gasteiger partial charge in [0.25, 0.3) is 0 Å². The Labute approximate surface area is 299 Å². The molecule has 13 heteroatoms. The van der Waals surface area contributed by atoms with Gasteiger partial charge in [-0.3, -0.25) is 9.59 Å². The van der Waals surface area contributed by atoms with Crippen molar-refractivity contribution in [1.82, 2.24) is 29.7 Å². The van der Waals surface area contributed by atoms with E-state index in [9.17, 15) is 14.4 Å². The largest absolute Gasteiger partial charge is 0.481 e. The molecule has 1 N–H and O–H groups in total. The van der Waals surface area contributed by atoms with Gasteiger partial charge < -0.3 is 24.3 Å². The lowest BCUT2D eigenvalue weighted by Crippen LogP contribution is -2.43. The van der Waals surface area contributed by atoms with Crippen LogP contribution < -0.4 is 10.1 Å². The Morgan fingerprint density at radius 1 is 1.04 bits per heavy atom. The van der Waals surface area contributed by atoms with Crippen LogP contribution in [0.1, 0.15) is 49.5 Å². The highest BCUT2D eigenvalue weighted by atomic mass is 35.5. The number of amides is 2. The molecule has 0 radical (unpaired) electrons. The number of benzene rings is 2. The van der Waals surface area contributed by atoms with Gasteiger partial charge in [0.1, 0.15) is 11.2 Å². The number of carbonyl (C=O) groups excluding carboxylic acids is 3. The summed E-state index contributed by atoms with van der Waals surface area (Å²) in [5.41, 5.74) is 4.25. The second-order valence-electron chi connectivity index (χ2n) is 13.1. The standard InChI is InChI=1S/C37H36Cl2N6O5/c1-37(2,3)50-36(48)45(19-23-13-15-30(47)41-23)18-21-12-14-29(42-35(21)49-5)26-10-6-8-24(31(26)38)25-9-7-11-27(32(25)39)33-40-16-28-22(20-46)17-44(4)34(28)43-33/h6-12,14,16-17,20,23H,13,15,18-19H2,1-5H3,(H,41,47)/t23-/m0/s1. The molecular formula is C37H36Cl2N6O5. The number of aldehydes is 1. The predicted octanol–water partition coefficient (Wildman–Crippen LogP) is 7.51. The van der Waals surface area contributed by atoms with E-state index in [1.54, 1.807) is 42.6 Å². The molecule has 0 bridgehead atoms. The first kappa shape index (κ1) is 34.8. The van der Waals surface area contributed by atoms with Crippen molar-refractivity contribution in [2.45, 2.75) is 51.8 Å². The highest BCUT2D eigenvalue weighted by molar-refractivity contribution is 6.39. The van der Waals surface area contributed by atoms with Gasteiger partial charge in [-0.1, -0.05) is 53.5 Å². The number of hydrogen-bond donors (Lipinski definition) is 1. The van der Waals surface area contributed by atoms with Crippen LogP contribution in [0.25, 0.3) is 44.8 Å². The summed E-state index contributed by atoms with van der Waals surface area (Å²) in [5, 5.41) is 4.42. The Morgan fingerprint density at radius 3 is 2.36 bits per heavy atom. The first-order valence-electron chi connectivity index (χ1n) is 16.0. The molecule has 11 nitrogen and oxygen atoms in total. The summed E-state index contributed by atoms with van der Waals surface area (Å²) in [6, 6.07) is 14.7. The molecule has 258 valence electrons. The minimum atomic E-state index is -0.700. The van der Waals surface area contributed by atoms with E-state index in [4.69, 9.17) is 42.6 Å². The molecule has 2 aromatic carbocycles. The van der Waals surface area contributed by atoms with E-state index >= 15 is 0 Å². The molecule has 0 aliphatic carbocycles. The van der Waals surface area contributed by atoms with Crippen molar-refractivity contribution < 1.29 is 23.9 Å². The van der Waals surface area contributed by atoms with Crippen LogP contribution in [-0.4, -0.2) is 68.0 Å². The maximum atomic E-state index is 13.2. The molecule has 50 heavy (non-hydrogen) atoms. The Balaban J connectivity index is 1.32. The van der Waals surface area contributed by atoms with Crippen LogP contribution in [0.15, 0.2) is 60.9 Å². The van der Waals surface area contributed by atoms with Crippen LogP contribution in [0.5, 0.6) is 5.88 Å². The molecule has 3 aromatic heterocycles. The fourth-order valence-electron chi connectivity index (χ4n) is 5.99. The lowest BCUT2D eigenvalue weighted by Gasteiger charge is -2.29. The van der Waals surface area contributed by atoms with Gasteiger partial charge in [-0.05, 0) is 45.4 Å². The van der Waals surface area contributed by atoms with Crippen molar-refractivity contribution in [3.63, 3.8) is 0 Å². The Morgan fingerprint density at radius 2 is 1.72 bits per heavy atom. The van der Waals surface area contributed by atoms with Gasteiger partial charge in [0, 0.05) is 77.2 Å². The number of nitrogens with one attached hydrogen (secondary N) is 1. The second kappa shape index (κ2) is 14.1. The van der Waals surface area contributed by atoms with Crippen LogP contribution in [0.2, 0.25) is 10.0 Å². The van der Waals surface area contributed by atoms with E-state index in [-0.39, 0.29) is 25.0 Å². The molecule has 0 spiro atoms. The number of carbonyl (C=O) groups is 3. The van der Waals surface area contributed by atoms with Crippen molar-refractivity contribution in [3.8, 4) is 39.7 Å². The van der Waals surface area contributed by atoms with Crippen molar-refractivity contribution in [3.05, 3.63) is 82.1 Å². The smallest absolute Gasteiger partial charge is 0.410 e. The summed E-state index contributed by atoms with van der Waals surface area (Å²) in [4.78, 5) is 52.2. The Kier molecular flexibility index (Phi) is 9.82. The molecule has 1 aliphatic rings. The van der Waals surface area contributed by atoms with E-state index in [0.29, 0.717) is 84.7 Å². The predicted molar refractivity (Wildman–Crippen MR) is 192 cm³/mol. The number of aromatic nitrogens is 4. The fraction of sp³-hybridized carbons (Fsp3) is 0.297. The molecule has 0 unspecified atom stereocenters. The number of ether oxygens (including phenoxy) is 2. The minimum absolute atomic E-state index is 0.0361. The third kappa shape index (κ3) is 7.15. The monoisotopic (exact) mass is 714 g/mol. The minimum Gasteiger partial charge on any atom is -0.481 e.